The van der Waals surface area contributed by atoms with Gasteiger partial charge in [-0.1, -0.05) is 36.4 Å². The summed E-state index contributed by atoms with van der Waals surface area (Å²) in [6, 6.07) is 19.8. The van der Waals surface area contributed by atoms with E-state index in [4.69, 9.17) is 9.47 Å². The van der Waals surface area contributed by atoms with Crippen molar-refractivity contribution < 1.29 is 24.5 Å². The van der Waals surface area contributed by atoms with E-state index in [-0.39, 0.29) is 18.9 Å². The Hall–Kier alpha value is -3.55. The minimum atomic E-state index is -0.831. The lowest BCUT2D eigenvalue weighted by atomic mass is 10.1. The molecular weight excluding hydrogens is 408 g/mol. The van der Waals surface area contributed by atoms with E-state index >= 15 is 0 Å². The number of phenolic OH excluding ortho intramolecular Hbond substituents is 1. The lowest BCUT2D eigenvalue weighted by molar-refractivity contribution is -0.143. The maximum absolute atomic E-state index is 12.2. The number of rotatable bonds is 9. The van der Waals surface area contributed by atoms with Crippen LogP contribution in [0.5, 0.6) is 11.5 Å². The zero-order chi connectivity index (χ0) is 22.5. The predicted octanol–water partition coefficient (Wildman–Crippen LogP) is 3.14. The van der Waals surface area contributed by atoms with Crippen molar-refractivity contribution in [1.82, 2.24) is 10.3 Å². The molecule has 0 amide bonds. The van der Waals surface area contributed by atoms with Gasteiger partial charge in [-0.25, -0.2) is 0 Å². The predicted molar refractivity (Wildman–Crippen MR) is 123 cm³/mol. The molecule has 0 fully saturated rings. The fraction of sp³-hybridized carbons (Fsp3) is 0.240. The number of hydrogen-bond donors (Lipinski definition) is 4. The van der Waals surface area contributed by atoms with Gasteiger partial charge in [0.2, 0.25) is 0 Å². The van der Waals surface area contributed by atoms with Gasteiger partial charge in [-0.15, -0.1) is 0 Å². The second-order valence-corrected chi connectivity index (χ2v) is 7.67. The minimum absolute atomic E-state index is 0.0682. The number of carbonyl (C=O) groups excluding carboxylic acids is 1. The number of esters is 1. The van der Waals surface area contributed by atoms with Gasteiger partial charge in [-0.2, -0.15) is 0 Å². The number of methoxy groups -OCH3 is 1. The van der Waals surface area contributed by atoms with E-state index in [0.717, 1.165) is 27.4 Å². The number of aliphatic hydroxyl groups is 1. The standard InChI is InChI=1S/C25H26N2O5/c1-31-25(30)22(13-16-9-11-17(28)12-10-16)26-14-18(29)15-32-23-8-4-7-21-24(23)19-5-2-3-6-20(19)27-21/h2-12,18,22,26-29H,13-15H2,1H3. The average molecular weight is 434 g/mol. The quantitative estimate of drug-likeness (QED) is 0.302. The summed E-state index contributed by atoms with van der Waals surface area (Å²) in [5.74, 6) is 0.427. The number of ether oxygens (including phenoxy) is 2. The Kier molecular flexibility index (Phi) is 6.58. The molecule has 4 aromatic rings. The van der Waals surface area contributed by atoms with Crippen LogP contribution in [0.3, 0.4) is 0 Å². The maximum Gasteiger partial charge on any atom is 0.323 e. The Morgan fingerprint density at radius 3 is 2.56 bits per heavy atom. The second kappa shape index (κ2) is 9.72. The van der Waals surface area contributed by atoms with E-state index in [1.807, 2.05) is 42.5 Å². The van der Waals surface area contributed by atoms with Crippen LogP contribution < -0.4 is 10.1 Å². The number of para-hydroxylation sites is 1. The van der Waals surface area contributed by atoms with Crippen LogP contribution in [0.4, 0.5) is 0 Å². The first-order valence-electron chi connectivity index (χ1n) is 10.4. The molecule has 0 bridgehead atoms. The molecule has 0 radical (unpaired) electrons. The maximum atomic E-state index is 12.2. The Morgan fingerprint density at radius 2 is 1.78 bits per heavy atom. The molecule has 2 atom stereocenters. The Morgan fingerprint density at radius 1 is 1.03 bits per heavy atom. The summed E-state index contributed by atoms with van der Waals surface area (Å²) in [5, 5.41) is 25.0. The van der Waals surface area contributed by atoms with Gasteiger partial charge < -0.3 is 30.0 Å². The number of H-pyrrole nitrogens is 1. The van der Waals surface area contributed by atoms with Crippen molar-refractivity contribution in [3.63, 3.8) is 0 Å². The van der Waals surface area contributed by atoms with Crippen LogP contribution in [-0.4, -0.2) is 53.6 Å². The van der Waals surface area contributed by atoms with Gasteiger partial charge in [-0.3, -0.25) is 4.79 Å². The molecule has 3 aromatic carbocycles. The van der Waals surface area contributed by atoms with Gasteiger partial charge in [-0.05, 0) is 42.3 Å². The number of aromatic nitrogens is 1. The average Bonchev–Trinajstić information content (AvgIpc) is 3.20. The SMILES string of the molecule is COC(=O)C(Cc1ccc(O)cc1)NCC(O)COc1cccc2[nH]c3ccccc3c12. The molecule has 0 saturated heterocycles. The van der Waals surface area contributed by atoms with E-state index in [2.05, 4.69) is 10.3 Å². The van der Waals surface area contributed by atoms with Crippen LogP contribution in [0, 0.1) is 0 Å². The van der Waals surface area contributed by atoms with Crippen molar-refractivity contribution in [2.75, 3.05) is 20.3 Å². The summed E-state index contributed by atoms with van der Waals surface area (Å²) >= 11 is 0. The Bertz CT molecular complexity index is 1200. The molecule has 1 heterocycles. The van der Waals surface area contributed by atoms with Crippen molar-refractivity contribution in [2.24, 2.45) is 0 Å². The molecule has 4 rings (SSSR count). The number of aliphatic hydroxyl groups excluding tert-OH is 1. The lowest BCUT2D eigenvalue weighted by Gasteiger charge is -2.19. The Labute approximate surface area is 185 Å². The number of nitrogens with one attached hydrogen (secondary N) is 2. The molecule has 0 saturated carbocycles. The molecule has 0 aliphatic carbocycles. The summed E-state index contributed by atoms with van der Waals surface area (Å²) < 4.78 is 10.8. The van der Waals surface area contributed by atoms with E-state index < -0.39 is 18.1 Å². The van der Waals surface area contributed by atoms with Crippen LogP contribution >= 0.6 is 0 Å². The second-order valence-electron chi connectivity index (χ2n) is 7.67. The Balaban J connectivity index is 1.39. The van der Waals surface area contributed by atoms with Crippen molar-refractivity contribution in [1.29, 1.82) is 0 Å². The molecule has 0 aliphatic heterocycles. The van der Waals surface area contributed by atoms with Crippen LogP contribution in [0.2, 0.25) is 0 Å². The fourth-order valence-electron chi connectivity index (χ4n) is 3.76. The molecule has 166 valence electrons. The molecule has 1 aromatic heterocycles. The zero-order valence-electron chi connectivity index (χ0n) is 17.7. The van der Waals surface area contributed by atoms with Crippen molar-refractivity contribution in [2.45, 2.75) is 18.6 Å². The number of phenols is 1. The molecule has 7 heteroatoms. The highest BCUT2D eigenvalue weighted by Crippen LogP contribution is 2.32. The third-order valence-corrected chi connectivity index (χ3v) is 5.38. The summed E-state index contributed by atoms with van der Waals surface area (Å²) in [6.07, 6.45) is -0.461. The smallest absolute Gasteiger partial charge is 0.323 e. The largest absolute Gasteiger partial charge is 0.508 e. The van der Waals surface area contributed by atoms with Crippen LogP contribution in [0.25, 0.3) is 21.8 Å². The van der Waals surface area contributed by atoms with Crippen molar-refractivity contribution >= 4 is 27.8 Å². The first-order valence-corrected chi connectivity index (χ1v) is 10.4. The number of carbonyl (C=O) groups is 1. The van der Waals surface area contributed by atoms with E-state index in [1.165, 1.54) is 7.11 Å². The summed E-state index contributed by atoms with van der Waals surface area (Å²) in [7, 11) is 1.33. The number of hydrogen-bond acceptors (Lipinski definition) is 6. The van der Waals surface area contributed by atoms with Crippen LogP contribution in [0.1, 0.15) is 5.56 Å². The molecule has 0 spiro atoms. The van der Waals surface area contributed by atoms with Gasteiger partial charge >= 0.3 is 5.97 Å². The highest BCUT2D eigenvalue weighted by atomic mass is 16.5. The molecule has 2 unspecified atom stereocenters. The van der Waals surface area contributed by atoms with Gasteiger partial charge in [0.05, 0.1) is 12.6 Å². The summed E-state index contributed by atoms with van der Waals surface area (Å²) in [6.45, 7) is 0.223. The number of benzene rings is 3. The third-order valence-electron chi connectivity index (χ3n) is 5.38. The fourth-order valence-corrected chi connectivity index (χ4v) is 3.76. The van der Waals surface area contributed by atoms with Gasteiger partial charge in [0.25, 0.3) is 0 Å². The summed E-state index contributed by atoms with van der Waals surface area (Å²) in [4.78, 5) is 15.5. The number of fused-ring (bicyclic) bond motifs is 3. The third kappa shape index (κ3) is 4.85. The molecule has 7 nitrogen and oxygen atoms in total. The first-order chi connectivity index (χ1) is 15.5. The normalized spacial score (nSPS) is 13.2. The van der Waals surface area contributed by atoms with E-state index in [0.29, 0.717) is 12.2 Å². The molecule has 0 aliphatic rings. The number of aromatic amines is 1. The first kappa shape index (κ1) is 21.7. The lowest BCUT2D eigenvalue weighted by Crippen LogP contribution is -2.44. The minimum Gasteiger partial charge on any atom is -0.508 e. The van der Waals surface area contributed by atoms with E-state index in [9.17, 15) is 15.0 Å². The topological polar surface area (TPSA) is 104 Å². The van der Waals surface area contributed by atoms with Gasteiger partial charge in [0.15, 0.2) is 0 Å². The van der Waals surface area contributed by atoms with E-state index in [1.54, 1.807) is 24.3 Å². The molecule has 4 N–H and O–H groups in total. The molecule has 32 heavy (non-hydrogen) atoms. The highest BCUT2D eigenvalue weighted by Gasteiger charge is 2.21. The van der Waals surface area contributed by atoms with Crippen LogP contribution in [0.15, 0.2) is 66.7 Å². The van der Waals surface area contributed by atoms with Crippen LogP contribution in [-0.2, 0) is 16.0 Å². The van der Waals surface area contributed by atoms with Gasteiger partial charge in [0.1, 0.15) is 30.3 Å². The number of aromatic hydroxyl groups is 1. The highest BCUT2D eigenvalue weighted by molar-refractivity contribution is 6.10. The zero-order valence-corrected chi connectivity index (χ0v) is 17.7. The van der Waals surface area contributed by atoms with Crippen molar-refractivity contribution in [3.8, 4) is 11.5 Å². The summed E-state index contributed by atoms with van der Waals surface area (Å²) in [5.41, 5.74) is 2.86. The van der Waals surface area contributed by atoms with Gasteiger partial charge in [0, 0.05) is 22.8 Å². The molecular formula is C25H26N2O5. The van der Waals surface area contributed by atoms with Crippen molar-refractivity contribution in [3.05, 3.63) is 72.3 Å². The monoisotopic (exact) mass is 434 g/mol.